The third kappa shape index (κ3) is 4.38. The second-order valence-electron chi connectivity index (χ2n) is 5.05. The summed E-state index contributed by atoms with van der Waals surface area (Å²) >= 11 is 0. The lowest BCUT2D eigenvalue weighted by Gasteiger charge is -2.26. The van der Waals surface area contributed by atoms with E-state index >= 15 is 0 Å². The molecular weight excluding hydrogens is 252 g/mol. The van der Waals surface area contributed by atoms with Crippen LogP contribution in [-0.4, -0.2) is 35.2 Å². The van der Waals surface area contributed by atoms with E-state index in [2.05, 4.69) is 17.5 Å². The zero-order valence-electron chi connectivity index (χ0n) is 11.7. The van der Waals surface area contributed by atoms with Gasteiger partial charge in [0.25, 0.3) is 0 Å². The normalized spacial score (nSPS) is 17.8. The number of aliphatic hydroxyl groups is 1. The summed E-state index contributed by atoms with van der Waals surface area (Å²) in [6, 6.07) is 9.83. The summed E-state index contributed by atoms with van der Waals surface area (Å²) in [5, 5.41) is 12.1. The van der Waals surface area contributed by atoms with Crippen molar-refractivity contribution in [1.29, 1.82) is 0 Å². The van der Waals surface area contributed by atoms with Crippen LogP contribution in [0, 0.1) is 0 Å². The van der Waals surface area contributed by atoms with E-state index in [0.29, 0.717) is 13.1 Å². The Hall–Kier alpha value is -1.81. The summed E-state index contributed by atoms with van der Waals surface area (Å²) in [4.78, 5) is 13.9. The van der Waals surface area contributed by atoms with E-state index < -0.39 is 0 Å². The first-order chi connectivity index (χ1) is 9.79. The molecule has 0 bridgehead atoms. The number of benzene rings is 1. The molecule has 1 aromatic carbocycles. The zero-order valence-corrected chi connectivity index (χ0v) is 11.7. The van der Waals surface area contributed by atoms with Gasteiger partial charge < -0.3 is 15.3 Å². The summed E-state index contributed by atoms with van der Waals surface area (Å²) in [5.41, 5.74) is 1.07. The van der Waals surface area contributed by atoms with E-state index in [1.54, 1.807) is 4.90 Å². The number of hydrogen-bond donors (Lipinski definition) is 2. The molecule has 0 saturated carbocycles. The molecule has 0 radical (unpaired) electrons. The molecular formula is C16H22N2O2. The first-order valence-corrected chi connectivity index (χ1v) is 7.16. The zero-order chi connectivity index (χ0) is 14.2. The van der Waals surface area contributed by atoms with Crippen LogP contribution in [0.2, 0.25) is 0 Å². The SMILES string of the molecule is O=C(NC1C=CCCC1)N(CCO)Cc1ccccc1. The average Bonchev–Trinajstić information content (AvgIpc) is 2.49. The van der Waals surface area contributed by atoms with E-state index in [1.807, 2.05) is 30.3 Å². The summed E-state index contributed by atoms with van der Waals surface area (Å²) in [7, 11) is 0. The van der Waals surface area contributed by atoms with E-state index in [9.17, 15) is 4.79 Å². The minimum Gasteiger partial charge on any atom is -0.395 e. The Morgan fingerprint density at radius 3 is 2.80 bits per heavy atom. The maximum Gasteiger partial charge on any atom is 0.318 e. The molecule has 20 heavy (non-hydrogen) atoms. The molecule has 2 N–H and O–H groups in total. The maximum atomic E-state index is 12.3. The van der Waals surface area contributed by atoms with Gasteiger partial charge in [0.15, 0.2) is 0 Å². The second-order valence-corrected chi connectivity index (χ2v) is 5.05. The number of allylic oxidation sites excluding steroid dienone is 1. The molecule has 1 unspecified atom stereocenters. The van der Waals surface area contributed by atoms with Crippen molar-refractivity contribution in [2.45, 2.75) is 31.8 Å². The van der Waals surface area contributed by atoms with E-state index in [-0.39, 0.29) is 18.7 Å². The van der Waals surface area contributed by atoms with Crippen LogP contribution in [0.15, 0.2) is 42.5 Å². The minimum absolute atomic E-state index is 0.0270. The van der Waals surface area contributed by atoms with Gasteiger partial charge in [-0.1, -0.05) is 42.5 Å². The van der Waals surface area contributed by atoms with Crippen LogP contribution in [0.5, 0.6) is 0 Å². The molecule has 1 atom stereocenters. The van der Waals surface area contributed by atoms with E-state index in [1.165, 1.54) is 0 Å². The van der Waals surface area contributed by atoms with Crippen molar-refractivity contribution in [3.8, 4) is 0 Å². The molecule has 0 spiro atoms. The summed E-state index contributed by atoms with van der Waals surface area (Å²) in [6.45, 7) is 0.835. The molecule has 0 heterocycles. The van der Waals surface area contributed by atoms with Crippen LogP contribution in [-0.2, 0) is 6.54 Å². The Kier molecular flexibility index (Phi) is 5.62. The first kappa shape index (κ1) is 14.6. The number of amides is 2. The van der Waals surface area contributed by atoms with Crippen molar-refractivity contribution >= 4 is 6.03 Å². The standard InChI is InChI=1S/C16H22N2O2/c19-12-11-18(13-14-7-3-1-4-8-14)16(20)17-15-9-5-2-6-10-15/h1,3-5,7-9,15,19H,2,6,10-13H2,(H,17,20). The third-order valence-corrected chi connectivity index (χ3v) is 3.44. The summed E-state index contributed by atoms with van der Waals surface area (Å²) in [6.07, 6.45) is 7.36. The predicted octanol–water partition coefficient (Wildman–Crippen LogP) is 2.30. The van der Waals surface area contributed by atoms with Gasteiger partial charge in [0.05, 0.1) is 6.61 Å². The van der Waals surface area contributed by atoms with Gasteiger partial charge in [-0.25, -0.2) is 4.79 Å². The Morgan fingerprint density at radius 1 is 1.35 bits per heavy atom. The van der Waals surface area contributed by atoms with Crippen molar-refractivity contribution in [1.82, 2.24) is 10.2 Å². The van der Waals surface area contributed by atoms with Crippen molar-refractivity contribution in [3.05, 3.63) is 48.0 Å². The Morgan fingerprint density at radius 2 is 2.15 bits per heavy atom. The predicted molar refractivity (Wildman–Crippen MR) is 79.2 cm³/mol. The molecule has 0 aromatic heterocycles. The van der Waals surface area contributed by atoms with Crippen molar-refractivity contribution in [2.75, 3.05) is 13.2 Å². The highest BCUT2D eigenvalue weighted by Crippen LogP contribution is 2.11. The molecule has 1 aliphatic carbocycles. The molecule has 0 saturated heterocycles. The number of carbonyl (C=O) groups excluding carboxylic acids is 1. The largest absolute Gasteiger partial charge is 0.395 e. The Labute approximate surface area is 120 Å². The summed E-state index contributed by atoms with van der Waals surface area (Å²) in [5.74, 6) is 0. The molecule has 0 fully saturated rings. The molecule has 0 aliphatic heterocycles. The number of urea groups is 1. The molecule has 1 aromatic rings. The van der Waals surface area contributed by atoms with Crippen LogP contribution in [0.4, 0.5) is 4.79 Å². The van der Waals surface area contributed by atoms with Gasteiger partial charge in [0.1, 0.15) is 0 Å². The van der Waals surface area contributed by atoms with Gasteiger partial charge in [0, 0.05) is 19.1 Å². The number of hydrogen-bond acceptors (Lipinski definition) is 2. The molecule has 4 heteroatoms. The fraction of sp³-hybridized carbons (Fsp3) is 0.438. The van der Waals surface area contributed by atoms with Gasteiger partial charge in [-0.05, 0) is 24.8 Å². The maximum absolute atomic E-state index is 12.3. The van der Waals surface area contributed by atoms with Crippen LogP contribution in [0.25, 0.3) is 0 Å². The second kappa shape index (κ2) is 7.70. The monoisotopic (exact) mass is 274 g/mol. The van der Waals surface area contributed by atoms with E-state index in [0.717, 1.165) is 24.8 Å². The van der Waals surface area contributed by atoms with Gasteiger partial charge in [-0.2, -0.15) is 0 Å². The molecule has 2 rings (SSSR count). The first-order valence-electron chi connectivity index (χ1n) is 7.16. The van der Waals surface area contributed by atoms with Crippen molar-refractivity contribution < 1.29 is 9.90 Å². The fourth-order valence-corrected chi connectivity index (χ4v) is 2.36. The Balaban J connectivity index is 1.94. The lowest BCUT2D eigenvalue weighted by atomic mass is 10.0. The quantitative estimate of drug-likeness (QED) is 0.809. The van der Waals surface area contributed by atoms with Gasteiger partial charge in [-0.3, -0.25) is 0 Å². The summed E-state index contributed by atoms with van der Waals surface area (Å²) < 4.78 is 0. The number of rotatable bonds is 5. The average molecular weight is 274 g/mol. The van der Waals surface area contributed by atoms with Gasteiger partial charge >= 0.3 is 6.03 Å². The number of carbonyl (C=O) groups is 1. The molecule has 2 amide bonds. The van der Waals surface area contributed by atoms with Gasteiger partial charge in [0.2, 0.25) is 0 Å². The smallest absolute Gasteiger partial charge is 0.318 e. The van der Waals surface area contributed by atoms with Crippen LogP contribution in [0.3, 0.4) is 0 Å². The highest BCUT2D eigenvalue weighted by Gasteiger charge is 2.17. The van der Waals surface area contributed by atoms with Crippen LogP contribution >= 0.6 is 0 Å². The fourth-order valence-electron chi connectivity index (χ4n) is 2.36. The van der Waals surface area contributed by atoms with Crippen LogP contribution < -0.4 is 5.32 Å². The molecule has 108 valence electrons. The Bertz CT molecular complexity index is 445. The van der Waals surface area contributed by atoms with Gasteiger partial charge in [-0.15, -0.1) is 0 Å². The lowest BCUT2D eigenvalue weighted by molar-refractivity contribution is 0.171. The van der Waals surface area contributed by atoms with E-state index in [4.69, 9.17) is 5.11 Å². The molecule has 1 aliphatic rings. The number of aliphatic hydroxyl groups excluding tert-OH is 1. The van der Waals surface area contributed by atoms with Crippen molar-refractivity contribution in [2.24, 2.45) is 0 Å². The van der Waals surface area contributed by atoms with Crippen LogP contribution in [0.1, 0.15) is 24.8 Å². The highest BCUT2D eigenvalue weighted by atomic mass is 16.3. The molecule has 4 nitrogen and oxygen atoms in total. The number of nitrogens with one attached hydrogen (secondary N) is 1. The topological polar surface area (TPSA) is 52.6 Å². The lowest BCUT2D eigenvalue weighted by Crippen LogP contribution is -2.45. The highest BCUT2D eigenvalue weighted by molar-refractivity contribution is 5.74. The number of nitrogens with zero attached hydrogens (tertiary/aromatic N) is 1. The third-order valence-electron chi connectivity index (χ3n) is 3.44. The minimum atomic E-state index is -0.112. The van der Waals surface area contributed by atoms with Crippen molar-refractivity contribution in [3.63, 3.8) is 0 Å².